The lowest BCUT2D eigenvalue weighted by atomic mass is 9.74. The molecule has 1 heterocycles. The Morgan fingerprint density at radius 1 is 0.810 bits per heavy atom. The fraction of sp³-hybridized carbons (Fsp3) is 0.333. The van der Waals surface area contributed by atoms with Crippen molar-refractivity contribution >= 4 is 7.28 Å². The van der Waals surface area contributed by atoms with Crippen LogP contribution in [0.15, 0.2) is 60.7 Å². The van der Waals surface area contributed by atoms with Gasteiger partial charge in [-0.1, -0.05) is 67.0 Å². The molecule has 2 aromatic carbocycles. The fourth-order valence-corrected chi connectivity index (χ4v) is 2.83. The Labute approximate surface area is 127 Å². The molecule has 3 rings (SSSR count). The zero-order chi connectivity index (χ0) is 14.3. The Morgan fingerprint density at radius 3 is 2.00 bits per heavy atom. The van der Waals surface area contributed by atoms with E-state index in [2.05, 4.69) is 48.5 Å². The van der Waals surface area contributed by atoms with Crippen LogP contribution in [-0.4, -0.2) is 19.4 Å². The molecule has 3 heteroatoms. The van der Waals surface area contributed by atoms with E-state index in [9.17, 15) is 0 Å². The molecule has 2 unspecified atom stereocenters. The summed E-state index contributed by atoms with van der Waals surface area (Å²) >= 11 is 0. The van der Waals surface area contributed by atoms with Crippen LogP contribution in [0.25, 0.3) is 0 Å². The Hall–Kier alpha value is -1.58. The van der Waals surface area contributed by atoms with E-state index in [-0.39, 0.29) is 12.1 Å². The maximum atomic E-state index is 6.07. The van der Waals surface area contributed by atoms with Gasteiger partial charge in [0.15, 0.2) is 7.28 Å². The van der Waals surface area contributed by atoms with Crippen molar-refractivity contribution in [2.24, 2.45) is 0 Å². The number of hydrogen-bond acceptors (Lipinski definition) is 2. The number of benzene rings is 2. The second-order valence-electron chi connectivity index (χ2n) is 5.60. The number of rotatable bonds is 6. The van der Waals surface area contributed by atoms with Gasteiger partial charge < -0.3 is 9.47 Å². The van der Waals surface area contributed by atoms with Crippen LogP contribution in [0.5, 0.6) is 0 Å². The molecule has 0 aromatic heterocycles. The standard InChI is InChI=1S/C18H21BO2/c1-3-7-15(8-4-1)13-20-17-11-12-19-18(17)21-14-16-9-5-2-6-10-16/h1-10,17-19H,11-14H2. The predicted molar refractivity (Wildman–Crippen MR) is 86.6 cm³/mol. The monoisotopic (exact) mass is 280 g/mol. The topological polar surface area (TPSA) is 18.5 Å². The van der Waals surface area contributed by atoms with E-state index in [1.807, 2.05) is 12.1 Å². The van der Waals surface area contributed by atoms with Gasteiger partial charge in [0.1, 0.15) is 0 Å². The van der Waals surface area contributed by atoms with Crippen LogP contribution in [0.1, 0.15) is 17.5 Å². The van der Waals surface area contributed by atoms with Crippen LogP contribution in [-0.2, 0) is 22.7 Å². The van der Waals surface area contributed by atoms with Gasteiger partial charge in [0.05, 0.1) is 25.3 Å². The van der Waals surface area contributed by atoms with E-state index in [1.54, 1.807) is 0 Å². The third-order valence-corrected chi connectivity index (χ3v) is 4.01. The molecule has 1 fully saturated rings. The van der Waals surface area contributed by atoms with Gasteiger partial charge in [-0.2, -0.15) is 0 Å². The normalized spacial score (nSPS) is 21.1. The van der Waals surface area contributed by atoms with Crippen LogP contribution >= 0.6 is 0 Å². The van der Waals surface area contributed by atoms with E-state index in [1.165, 1.54) is 17.4 Å². The van der Waals surface area contributed by atoms with Crippen LogP contribution in [0.4, 0.5) is 0 Å². The van der Waals surface area contributed by atoms with Gasteiger partial charge in [0.25, 0.3) is 0 Å². The second-order valence-corrected chi connectivity index (χ2v) is 5.60. The molecule has 2 nitrogen and oxygen atoms in total. The molecule has 0 spiro atoms. The summed E-state index contributed by atoms with van der Waals surface area (Å²) in [5.41, 5.74) is 2.46. The Bertz CT molecular complexity index is 480. The van der Waals surface area contributed by atoms with Crippen LogP contribution in [0, 0.1) is 0 Å². The molecule has 2 atom stereocenters. The second kappa shape index (κ2) is 7.44. The zero-order valence-electron chi connectivity index (χ0n) is 12.3. The lowest BCUT2D eigenvalue weighted by Crippen LogP contribution is -2.29. The quantitative estimate of drug-likeness (QED) is 0.755. The molecule has 1 aliphatic rings. The molecule has 0 aliphatic carbocycles. The first kappa shape index (κ1) is 14.4. The van der Waals surface area contributed by atoms with Gasteiger partial charge in [0, 0.05) is 0 Å². The van der Waals surface area contributed by atoms with E-state index in [0.717, 1.165) is 13.7 Å². The smallest absolute Gasteiger partial charge is 0.161 e. The molecule has 0 N–H and O–H groups in total. The first-order chi connectivity index (χ1) is 10.4. The summed E-state index contributed by atoms with van der Waals surface area (Å²) in [5.74, 6) is 0. The summed E-state index contributed by atoms with van der Waals surface area (Å²) < 4.78 is 12.1. The summed E-state index contributed by atoms with van der Waals surface area (Å²) in [4.78, 5) is 0. The van der Waals surface area contributed by atoms with Crippen LogP contribution in [0.3, 0.4) is 0 Å². The highest BCUT2D eigenvalue weighted by molar-refractivity contribution is 6.38. The van der Waals surface area contributed by atoms with E-state index in [0.29, 0.717) is 13.2 Å². The lowest BCUT2D eigenvalue weighted by Gasteiger charge is -2.21. The minimum atomic E-state index is 0.230. The fourth-order valence-electron chi connectivity index (χ4n) is 2.83. The van der Waals surface area contributed by atoms with Crippen LogP contribution in [0.2, 0.25) is 6.32 Å². The maximum Gasteiger partial charge on any atom is 0.161 e. The summed E-state index contributed by atoms with van der Waals surface area (Å²) in [6.07, 6.45) is 2.53. The number of hydrogen-bond donors (Lipinski definition) is 0. The molecule has 0 saturated carbocycles. The van der Waals surface area contributed by atoms with Gasteiger partial charge in [-0.3, -0.25) is 0 Å². The largest absolute Gasteiger partial charge is 0.380 e. The molecule has 21 heavy (non-hydrogen) atoms. The first-order valence-electron chi connectivity index (χ1n) is 7.73. The van der Waals surface area contributed by atoms with Gasteiger partial charge >= 0.3 is 0 Å². The molecular weight excluding hydrogens is 259 g/mol. The third kappa shape index (κ3) is 4.19. The van der Waals surface area contributed by atoms with Crippen molar-refractivity contribution in [3.8, 4) is 0 Å². The minimum Gasteiger partial charge on any atom is -0.380 e. The Kier molecular flexibility index (Phi) is 5.09. The van der Waals surface area contributed by atoms with Gasteiger partial charge in [-0.25, -0.2) is 0 Å². The molecule has 1 saturated heterocycles. The molecule has 108 valence electrons. The zero-order valence-corrected chi connectivity index (χ0v) is 12.3. The first-order valence-corrected chi connectivity index (χ1v) is 7.73. The van der Waals surface area contributed by atoms with E-state index >= 15 is 0 Å². The number of ether oxygens (including phenoxy) is 2. The van der Waals surface area contributed by atoms with Crippen LogP contribution < -0.4 is 0 Å². The molecule has 1 aliphatic heterocycles. The van der Waals surface area contributed by atoms with Crippen molar-refractivity contribution in [2.45, 2.75) is 38.1 Å². The molecule has 0 radical (unpaired) electrons. The summed E-state index contributed by atoms with van der Waals surface area (Å²) in [6.45, 7) is 1.35. The summed E-state index contributed by atoms with van der Waals surface area (Å²) in [5, 5.41) is 0. The van der Waals surface area contributed by atoms with Gasteiger partial charge in [-0.15, -0.1) is 0 Å². The van der Waals surface area contributed by atoms with Crippen molar-refractivity contribution in [1.82, 2.24) is 0 Å². The highest BCUT2D eigenvalue weighted by Crippen LogP contribution is 2.22. The predicted octanol–water partition coefficient (Wildman–Crippen LogP) is 3.37. The van der Waals surface area contributed by atoms with Crippen molar-refractivity contribution in [1.29, 1.82) is 0 Å². The highest BCUT2D eigenvalue weighted by Gasteiger charge is 2.29. The van der Waals surface area contributed by atoms with Crippen molar-refractivity contribution in [2.75, 3.05) is 0 Å². The SMILES string of the molecule is B1CCC(OCc2ccccc2)C1OCc1ccccc1. The Morgan fingerprint density at radius 2 is 1.38 bits per heavy atom. The van der Waals surface area contributed by atoms with Gasteiger partial charge in [0.2, 0.25) is 0 Å². The van der Waals surface area contributed by atoms with Crippen molar-refractivity contribution in [3.63, 3.8) is 0 Å². The van der Waals surface area contributed by atoms with E-state index in [4.69, 9.17) is 9.47 Å². The third-order valence-electron chi connectivity index (χ3n) is 4.01. The Balaban J connectivity index is 1.49. The molecular formula is C18H21BO2. The van der Waals surface area contributed by atoms with E-state index < -0.39 is 0 Å². The molecule has 2 aromatic rings. The highest BCUT2D eigenvalue weighted by atomic mass is 16.5. The minimum absolute atomic E-state index is 0.230. The average Bonchev–Trinajstić information content (AvgIpc) is 3.00. The van der Waals surface area contributed by atoms with Gasteiger partial charge in [-0.05, 0) is 17.5 Å². The average molecular weight is 280 g/mol. The lowest BCUT2D eigenvalue weighted by molar-refractivity contribution is -0.0446. The maximum absolute atomic E-state index is 6.07. The summed E-state index contributed by atoms with van der Waals surface area (Å²) in [6, 6.07) is 20.9. The summed E-state index contributed by atoms with van der Waals surface area (Å²) in [7, 11) is 1.10. The molecule has 0 amide bonds. The molecule has 0 bridgehead atoms. The van der Waals surface area contributed by atoms with Crippen molar-refractivity contribution < 1.29 is 9.47 Å². The van der Waals surface area contributed by atoms with Crippen molar-refractivity contribution in [3.05, 3.63) is 71.8 Å².